The monoisotopic (exact) mass is 296 g/mol. The van der Waals surface area contributed by atoms with Gasteiger partial charge in [-0.15, -0.1) is 10.2 Å². The Balaban J connectivity index is 1.76. The molecule has 0 amide bonds. The minimum atomic E-state index is -0.318. The molecule has 22 heavy (non-hydrogen) atoms. The Hall–Kier alpha value is -3.09. The van der Waals surface area contributed by atoms with Crippen molar-refractivity contribution in [3.05, 3.63) is 48.0 Å². The molecule has 6 nitrogen and oxygen atoms in total. The molecule has 0 fully saturated rings. The van der Waals surface area contributed by atoms with Gasteiger partial charge in [0.2, 0.25) is 11.8 Å². The van der Waals surface area contributed by atoms with Crippen molar-refractivity contribution in [3.63, 3.8) is 0 Å². The van der Waals surface area contributed by atoms with Crippen LogP contribution in [-0.4, -0.2) is 20.3 Å². The smallest absolute Gasteiger partial charge is 0.257 e. The zero-order chi connectivity index (χ0) is 15.1. The number of aromatic nitrogens is 4. The van der Waals surface area contributed by atoms with E-state index >= 15 is 0 Å². The molecule has 0 atom stereocenters. The number of pyridine rings is 1. The van der Waals surface area contributed by atoms with E-state index in [1.165, 1.54) is 12.1 Å². The lowest BCUT2D eigenvalue weighted by Gasteiger charge is -1.95. The minimum absolute atomic E-state index is 0.317. The van der Waals surface area contributed by atoms with Crippen molar-refractivity contribution in [2.24, 2.45) is 0 Å². The van der Waals surface area contributed by atoms with Crippen LogP contribution in [0.2, 0.25) is 0 Å². The predicted molar refractivity (Wildman–Crippen MR) is 75.2 cm³/mol. The first kappa shape index (κ1) is 12.6. The molecule has 4 aromatic rings. The van der Waals surface area contributed by atoms with Crippen molar-refractivity contribution in [2.75, 3.05) is 0 Å². The maximum atomic E-state index is 12.9. The summed E-state index contributed by atoms with van der Waals surface area (Å²) >= 11 is 0. The van der Waals surface area contributed by atoms with Crippen molar-refractivity contribution in [1.29, 1.82) is 0 Å². The van der Waals surface area contributed by atoms with Gasteiger partial charge in [-0.1, -0.05) is 5.16 Å². The van der Waals surface area contributed by atoms with Crippen LogP contribution < -0.4 is 0 Å². The Morgan fingerprint density at radius 1 is 1.00 bits per heavy atom. The first-order valence-electron chi connectivity index (χ1n) is 6.52. The second kappa shape index (κ2) is 4.73. The van der Waals surface area contributed by atoms with Crippen LogP contribution in [0.5, 0.6) is 0 Å². The second-order valence-corrected chi connectivity index (χ2v) is 4.76. The molecular formula is C15H9FN4O2. The standard InChI is InChI=1S/C15H9FN4O2/c1-8-12-6-10(7-17-15(12)22-20-8)14-19-18-13(21-14)9-2-4-11(16)5-3-9/h2-7H,1H3. The van der Waals surface area contributed by atoms with Crippen LogP contribution in [-0.2, 0) is 0 Å². The van der Waals surface area contributed by atoms with Gasteiger partial charge in [0.25, 0.3) is 5.71 Å². The summed E-state index contributed by atoms with van der Waals surface area (Å²) in [6, 6.07) is 7.67. The highest BCUT2D eigenvalue weighted by Crippen LogP contribution is 2.26. The number of nitrogens with zero attached hydrogens (tertiary/aromatic N) is 4. The van der Waals surface area contributed by atoms with Crippen LogP contribution in [0.15, 0.2) is 45.5 Å². The van der Waals surface area contributed by atoms with Crippen LogP contribution in [0.4, 0.5) is 4.39 Å². The third kappa shape index (κ3) is 2.03. The van der Waals surface area contributed by atoms with Gasteiger partial charge in [0.1, 0.15) is 5.82 Å². The van der Waals surface area contributed by atoms with E-state index in [2.05, 4.69) is 20.3 Å². The third-order valence-electron chi connectivity index (χ3n) is 3.27. The van der Waals surface area contributed by atoms with Gasteiger partial charge in [0.15, 0.2) is 0 Å². The Kier molecular flexibility index (Phi) is 2.72. The normalized spacial score (nSPS) is 11.2. The van der Waals surface area contributed by atoms with E-state index in [0.717, 1.165) is 11.1 Å². The number of halogens is 1. The van der Waals surface area contributed by atoms with E-state index in [4.69, 9.17) is 8.94 Å². The maximum Gasteiger partial charge on any atom is 0.257 e. The maximum absolute atomic E-state index is 12.9. The van der Waals surface area contributed by atoms with E-state index in [1.807, 2.05) is 13.0 Å². The predicted octanol–water partition coefficient (Wildman–Crippen LogP) is 3.39. The lowest BCUT2D eigenvalue weighted by Crippen LogP contribution is -1.81. The fraction of sp³-hybridized carbons (Fsp3) is 0.0667. The van der Waals surface area contributed by atoms with Gasteiger partial charge in [-0.05, 0) is 37.3 Å². The zero-order valence-corrected chi connectivity index (χ0v) is 11.4. The Bertz CT molecular complexity index is 959. The van der Waals surface area contributed by atoms with E-state index < -0.39 is 0 Å². The Labute approximate surface area is 123 Å². The van der Waals surface area contributed by atoms with Gasteiger partial charge in [-0.3, -0.25) is 0 Å². The van der Waals surface area contributed by atoms with Crippen molar-refractivity contribution in [3.8, 4) is 22.9 Å². The SMILES string of the molecule is Cc1noc2ncc(-c3nnc(-c4ccc(F)cc4)o3)cc12. The highest BCUT2D eigenvalue weighted by Gasteiger charge is 2.13. The quantitative estimate of drug-likeness (QED) is 0.564. The second-order valence-electron chi connectivity index (χ2n) is 4.76. The molecule has 108 valence electrons. The third-order valence-corrected chi connectivity index (χ3v) is 3.27. The first-order valence-corrected chi connectivity index (χ1v) is 6.52. The molecule has 4 rings (SSSR count). The number of hydrogen-bond acceptors (Lipinski definition) is 6. The average molecular weight is 296 g/mol. The van der Waals surface area contributed by atoms with E-state index in [9.17, 15) is 4.39 Å². The summed E-state index contributed by atoms with van der Waals surface area (Å²) in [6.07, 6.45) is 1.58. The lowest BCUT2D eigenvalue weighted by molar-refractivity contribution is 0.443. The summed E-state index contributed by atoms with van der Waals surface area (Å²) in [4.78, 5) is 4.17. The molecule has 0 bridgehead atoms. The van der Waals surface area contributed by atoms with Crippen LogP contribution in [0.3, 0.4) is 0 Å². The molecule has 0 saturated carbocycles. The largest absolute Gasteiger partial charge is 0.416 e. The molecule has 0 radical (unpaired) electrons. The van der Waals surface area contributed by atoms with Gasteiger partial charge < -0.3 is 8.94 Å². The number of hydrogen-bond donors (Lipinski definition) is 0. The topological polar surface area (TPSA) is 77.8 Å². The van der Waals surface area contributed by atoms with Gasteiger partial charge in [-0.2, -0.15) is 0 Å². The molecule has 3 aromatic heterocycles. The molecule has 0 unspecified atom stereocenters. The summed E-state index contributed by atoms with van der Waals surface area (Å²) in [5.41, 5.74) is 2.51. The average Bonchev–Trinajstić information content (AvgIpc) is 3.16. The summed E-state index contributed by atoms with van der Waals surface area (Å²) in [5.74, 6) is 0.326. The molecule has 0 aliphatic heterocycles. The Morgan fingerprint density at radius 2 is 1.73 bits per heavy atom. The van der Waals surface area contributed by atoms with E-state index in [-0.39, 0.29) is 5.82 Å². The van der Waals surface area contributed by atoms with E-state index in [1.54, 1.807) is 18.3 Å². The lowest BCUT2D eigenvalue weighted by atomic mass is 10.2. The van der Waals surface area contributed by atoms with Gasteiger partial charge in [0.05, 0.1) is 16.6 Å². The fourth-order valence-electron chi connectivity index (χ4n) is 2.11. The first-order chi connectivity index (χ1) is 10.7. The zero-order valence-electron chi connectivity index (χ0n) is 11.4. The summed E-state index contributed by atoms with van der Waals surface area (Å²) in [6.45, 7) is 1.83. The molecule has 0 N–H and O–H groups in total. The van der Waals surface area contributed by atoms with Gasteiger partial charge in [-0.25, -0.2) is 9.37 Å². The molecule has 0 saturated heterocycles. The van der Waals surface area contributed by atoms with Crippen molar-refractivity contribution in [1.82, 2.24) is 20.3 Å². The minimum Gasteiger partial charge on any atom is -0.416 e. The highest BCUT2D eigenvalue weighted by molar-refractivity contribution is 5.80. The molecule has 1 aromatic carbocycles. The number of fused-ring (bicyclic) bond motifs is 1. The highest BCUT2D eigenvalue weighted by atomic mass is 19.1. The molecule has 0 spiro atoms. The molecular weight excluding hydrogens is 287 g/mol. The fourth-order valence-corrected chi connectivity index (χ4v) is 2.11. The molecule has 7 heteroatoms. The van der Waals surface area contributed by atoms with Gasteiger partial charge in [0, 0.05) is 11.8 Å². The van der Waals surface area contributed by atoms with Crippen LogP contribution in [0.25, 0.3) is 34.0 Å². The molecule has 0 aliphatic rings. The van der Waals surface area contributed by atoms with Crippen LogP contribution in [0.1, 0.15) is 5.69 Å². The van der Waals surface area contributed by atoms with Crippen molar-refractivity contribution >= 4 is 11.1 Å². The summed E-state index contributed by atoms with van der Waals surface area (Å²) < 4.78 is 23.6. The van der Waals surface area contributed by atoms with Crippen LogP contribution >= 0.6 is 0 Å². The number of benzene rings is 1. The van der Waals surface area contributed by atoms with Gasteiger partial charge >= 0.3 is 0 Å². The number of rotatable bonds is 2. The molecule has 0 aliphatic carbocycles. The van der Waals surface area contributed by atoms with Crippen LogP contribution in [0, 0.1) is 12.7 Å². The summed E-state index contributed by atoms with van der Waals surface area (Å²) in [7, 11) is 0. The number of aryl methyl sites for hydroxylation is 1. The van der Waals surface area contributed by atoms with Crippen molar-refractivity contribution in [2.45, 2.75) is 6.92 Å². The Morgan fingerprint density at radius 3 is 2.50 bits per heavy atom. The summed E-state index contributed by atoms with van der Waals surface area (Å²) in [5, 5.41) is 12.6. The van der Waals surface area contributed by atoms with Crippen molar-refractivity contribution < 1.29 is 13.3 Å². The van der Waals surface area contributed by atoms with E-state index in [0.29, 0.717) is 28.6 Å². The molecule has 3 heterocycles.